The number of aromatic amines is 1. The van der Waals surface area contributed by atoms with Crippen LogP contribution in [0.2, 0.25) is 0 Å². The SMILES string of the molecule is Brc1ccc(CCc2c[nH]c3ccc(Br)cc23)cc1. The Morgan fingerprint density at radius 1 is 0.842 bits per heavy atom. The Kier molecular flexibility index (Phi) is 3.76. The van der Waals surface area contributed by atoms with Gasteiger partial charge in [-0.15, -0.1) is 0 Å². The van der Waals surface area contributed by atoms with Crippen LogP contribution in [0.4, 0.5) is 0 Å². The Labute approximate surface area is 129 Å². The second kappa shape index (κ2) is 5.51. The van der Waals surface area contributed by atoms with Gasteiger partial charge >= 0.3 is 0 Å². The zero-order chi connectivity index (χ0) is 13.2. The molecule has 19 heavy (non-hydrogen) atoms. The highest BCUT2D eigenvalue weighted by atomic mass is 79.9. The molecule has 3 aromatic rings. The number of rotatable bonds is 3. The Balaban J connectivity index is 1.81. The third-order valence-electron chi connectivity index (χ3n) is 3.33. The zero-order valence-electron chi connectivity index (χ0n) is 10.3. The summed E-state index contributed by atoms with van der Waals surface area (Å²) < 4.78 is 2.26. The molecular formula is C16H13Br2N. The predicted octanol–water partition coefficient (Wildman–Crippen LogP) is 5.48. The van der Waals surface area contributed by atoms with Crippen molar-refractivity contribution >= 4 is 42.8 Å². The number of aryl methyl sites for hydroxylation is 2. The number of H-pyrrole nitrogens is 1. The molecular weight excluding hydrogens is 366 g/mol. The molecule has 1 aromatic heterocycles. The molecule has 0 saturated heterocycles. The van der Waals surface area contributed by atoms with Gasteiger partial charge in [0.05, 0.1) is 0 Å². The predicted molar refractivity (Wildman–Crippen MR) is 87.5 cm³/mol. The maximum Gasteiger partial charge on any atom is 0.0457 e. The van der Waals surface area contributed by atoms with Crippen LogP contribution in [0.1, 0.15) is 11.1 Å². The normalized spacial score (nSPS) is 11.1. The summed E-state index contributed by atoms with van der Waals surface area (Å²) in [5.74, 6) is 0. The van der Waals surface area contributed by atoms with E-state index in [4.69, 9.17) is 0 Å². The molecule has 0 amide bonds. The van der Waals surface area contributed by atoms with Gasteiger partial charge < -0.3 is 4.98 Å². The number of aromatic nitrogens is 1. The Morgan fingerprint density at radius 2 is 1.58 bits per heavy atom. The van der Waals surface area contributed by atoms with E-state index in [1.807, 2.05) is 0 Å². The first kappa shape index (κ1) is 12.9. The minimum Gasteiger partial charge on any atom is -0.361 e. The summed E-state index contributed by atoms with van der Waals surface area (Å²) in [6.07, 6.45) is 4.24. The number of nitrogens with one attached hydrogen (secondary N) is 1. The molecule has 96 valence electrons. The smallest absolute Gasteiger partial charge is 0.0457 e. The maximum absolute atomic E-state index is 3.54. The lowest BCUT2D eigenvalue weighted by Gasteiger charge is -2.02. The highest BCUT2D eigenvalue weighted by Gasteiger charge is 2.04. The van der Waals surface area contributed by atoms with E-state index in [1.54, 1.807) is 0 Å². The number of halogens is 2. The van der Waals surface area contributed by atoms with E-state index < -0.39 is 0 Å². The maximum atomic E-state index is 3.54. The standard InChI is InChI=1S/C16H13Br2N/c17-13-5-2-11(3-6-13)1-4-12-10-19-16-8-7-14(18)9-15(12)16/h2-3,5-10,19H,1,4H2. The van der Waals surface area contributed by atoms with Gasteiger partial charge in [-0.2, -0.15) is 0 Å². The van der Waals surface area contributed by atoms with Crippen LogP contribution >= 0.6 is 31.9 Å². The largest absolute Gasteiger partial charge is 0.361 e. The van der Waals surface area contributed by atoms with Crippen molar-refractivity contribution in [2.24, 2.45) is 0 Å². The minimum atomic E-state index is 1.05. The van der Waals surface area contributed by atoms with Crippen LogP contribution in [0.25, 0.3) is 10.9 Å². The number of hydrogen-bond acceptors (Lipinski definition) is 0. The van der Waals surface area contributed by atoms with Crippen LogP contribution in [0.15, 0.2) is 57.6 Å². The van der Waals surface area contributed by atoms with Gasteiger partial charge in [0.1, 0.15) is 0 Å². The van der Waals surface area contributed by atoms with Crippen LogP contribution in [-0.2, 0) is 12.8 Å². The number of fused-ring (bicyclic) bond motifs is 1. The third-order valence-corrected chi connectivity index (χ3v) is 4.35. The fraction of sp³-hybridized carbons (Fsp3) is 0.125. The van der Waals surface area contributed by atoms with E-state index in [1.165, 1.54) is 22.0 Å². The van der Waals surface area contributed by atoms with Crippen LogP contribution in [0.3, 0.4) is 0 Å². The first-order valence-corrected chi connectivity index (χ1v) is 7.81. The van der Waals surface area contributed by atoms with Crippen LogP contribution in [0, 0.1) is 0 Å². The summed E-state index contributed by atoms with van der Waals surface area (Å²) in [4.78, 5) is 3.33. The third kappa shape index (κ3) is 2.93. The molecule has 3 heteroatoms. The Morgan fingerprint density at radius 3 is 2.37 bits per heavy atom. The minimum absolute atomic E-state index is 1.05. The van der Waals surface area contributed by atoms with Crippen molar-refractivity contribution in [1.29, 1.82) is 0 Å². The summed E-state index contributed by atoms with van der Waals surface area (Å²) in [6.45, 7) is 0. The summed E-state index contributed by atoms with van der Waals surface area (Å²) in [5, 5.41) is 1.31. The van der Waals surface area contributed by atoms with Crippen molar-refractivity contribution in [2.75, 3.05) is 0 Å². The molecule has 0 bridgehead atoms. The average Bonchev–Trinajstić information content (AvgIpc) is 2.80. The lowest BCUT2D eigenvalue weighted by Crippen LogP contribution is -1.90. The lowest BCUT2D eigenvalue weighted by molar-refractivity contribution is 0.967. The monoisotopic (exact) mass is 377 g/mol. The molecule has 1 nitrogen and oxygen atoms in total. The summed E-state index contributed by atoms with van der Waals surface area (Å²) in [5.41, 5.74) is 3.95. The molecule has 0 saturated carbocycles. The highest BCUT2D eigenvalue weighted by Crippen LogP contribution is 2.24. The molecule has 0 unspecified atom stereocenters. The molecule has 0 aliphatic rings. The van der Waals surface area contributed by atoms with Crippen molar-refractivity contribution in [3.05, 3.63) is 68.7 Å². The van der Waals surface area contributed by atoms with Gasteiger partial charge in [0.2, 0.25) is 0 Å². The summed E-state index contributed by atoms with van der Waals surface area (Å²) in [6, 6.07) is 14.9. The highest BCUT2D eigenvalue weighted by molar-refractivity contribution is 9.10. The lowest BCUT2D eigenvalue weighted by atomic mass is 10.0. The Hall–Kier alpha value is -1.06. The van der Waals surface area contributed by atoms with Crippen LogP contribution in [0.5, 0.6) is 0 Å². The first-order valence-electron chi connectivity index (χ1n) is 6.22. The van der Waals surface area contributed by atoms with Gasteiger partial charge in [-0.1, -0.05) is 44.0 Å². The molecule has 0 aliphatic carbocycles. The van der Waals surface area contributed by atoms with E-state index in [0.717, 1.165) is 21.8 Å². The van der Waals surface area contributed by atoms with Gasteiger partial charge in [-0.3, -0.25) is 0 Å². The van der Waals surface area contributed by atoms with Crippen LogP contribution < -0.4 is 0 Å². The quantitative estimate of drug-likeness (QED) is 0.621. The van der Waals surface area contributed by atoms with Crippen molar-refractivity contribution in [2.45, 2.75) is 12.8 Å². The summed E-state index contributed by atoms with van der Waals surface area (Å²) >= 11 is 7.00. The average molecular weight is 379 g/mol. The van der Waals surface area contributed by atoms with Gasteiger partial charge in [0.25, 0.3) is 0 Å². The number of benzene rings is 2. The summed E-state index contributed by atoms with van der Waals surface area (Å²) in [7, 11) is 0. The molecule has 0 spiro atoms. The van der Waals surface area contributed by atoms with Gasteiger partial charge in [0.15, 0.2) is 0 Å². The van der Waals surface area contributed by atoms with E-state index in [-0.39, 0.29) is 0 Å². The van der Waals surface area contributed by atoms with Crippen molar-refractivity contribution in [1.82, 2.24) is 4.98 Å². The number of hydrogen-bond donors (Lipinski definition) is 1. The van der Waals surface area contributed by atoms with Crippen molar-refractivity contribution in [3.8, 4) is 0 Å². The molecule has 1 heterocycles. The molecule has 2 aromatic carbocycles. The van der Waals surface area contributed by atoms with Gasteiger partial charge in [-0.25, -0.2) is 0 Å². The zero-order valence-corrected chi connectivity index (χ0v) is 13.5. The van der Waals surface area contributed by atoms with Crippen molar-refractivity contribution < 1.29 is 0 Å². The van der Waals surface area contributed by atoms with E-state index in [2.05, 4.69) is 85.5 Å². The molecule has 1 N–H and O–H groups in total. The molecule has 0 atom stereocenters. The Bertz CT molecular complexity index is 698. The molecule has 0 radical (unpaired) electrons. The fourth-order valence-electron chi connectivity index (χ4n) is 2.29. The van der Waals surface area contributed by atoms with E-state index >= 15 is 0 Å². The molecule has 0 fully saturated rings. The van der Waals surface area contributed by atoms with Crippen LogP contribution in [-0.4, -0.2) is 4.98 Å². The topological polar surface area (TPSA) is 15.8 Å². The van der Waals surface area contributed by atoms with Crippen molar-refractivity contribution in [3.63, 3.8) is 0 Å². The van der Waals surface area contributed by atoms with Gasteiger partial charge in [0, 0.05) is 26.0 Å². The van der Waals surface area contributed by atoms with E-state index in [9.17, 15) is 0 Å². The second-order valence-corrected chi connectivity index (χ2v) is 6.46. The first-order chi connectivity index (χ1) is 9.22. The molecule has 0 aliphatic heterocycles. The fourth-order valence-corrected chi connectivity index (χ4v) is 2.91. The van der Waals surface area contributed by atoms with E-state index in [0.29, 0.717) is 0 Å². The molecule has 3 rings (SSSR count). The van der Waals surface area contributed by atoms with Gasteiger partial charge in [-0.05, 0) is 54.3 Å². The second-order valence-electron chi connectivity index (χ2n) is 4.63.